The molecule has 0 aliphatic carbocycles. The molecule has 2 N–H and O–H groups in total. The second-order valence-corrected chi connectivity index (χ2v) is 3.44. The van der Waals surface area contributed by atoms with E-state index < -0.39 is 6.10 Å². The molecule has 0 radical (unpaired) electrons. The first-order chi connectivity index (χ1) is 7.77. The zero-order valence-corrected chi connectivity index (χ0v) is 9.43. The lowest BCUT2D eigenvalue weighted by atomic mass is 10.3. The van der Waals surface area contributed by atoms with Crippen molar-refractivity contribution in [3.8, 4) is 11.5 Å². The fraction of sp³-hybridized carbons (Fsp3) is 0.500. The smallest absolute Gasteiger partial charge is 0.161 e. The van der Waals surface area contributed by atoms with Crippen LogP contribution in [0.5, 0.6) is 11.5 Å². The van der Waals surface area contributed by atoms with E-state index in [-0.39, 0.29) is 13.2 Å². The molecule has 0 aromatic heterocycles. The monoisotopic (exact) mass is 226 g/mol. The average molecular weight is 226 g/mol. The Bertz CT molecular complexity index is 301. The van der Waals surface area contributed by atoms with Crippen molar-refractivity contribution in [3.63, 3.8) is 0 Å². The average Bonchev–Trinajstić information content (AvgIpc) is 2.34. The van der Waals surface area contributed by atoms with Gasteiger partial charge in [0.05, 0.1) is 13.2 Å². The summed E-state index contributed by atoms with van der Waals surface area (Å²) < 4.78 is 10.8. The van der Waals surface area contributed by atoms with Gasteiger partial charge in [-0.1, -0.05) is 19.1 Å². The fourth-order valence-electron chi connectivity index (χ4n) is 1.14. The summed E-state index contributed by atoms with van der Waals surface area (Å²) >= 11 is 0. The molecule has 4 nitrogen and oxygen atoms in total. The van der Waals surface area contributed by atoms with Crippen LogP contribution in [0, 0.1) is 0 Å². The molecular formula is C12H18O4. The van der Waals surface area contributed by atoms with Crippen LogP contribution in [0.4, 0.5) is 0 Å². The lowest BCUT2D eigenvalue weighted by molar-refractivity contribution is 0.0525. The van der Waals surface area contributed by atoms with Gasteiger partial charge in [-0.2, -0.15) is 0 Å². The van der Waals surface area contributed by atoms with Crippen LogP contribution >= 0.6 is 0 Å². The molecule has 1 unspecified atom stereocenters. The maximum absolute atomic E-state index is 9.17. The quantitative estimate of drug-likeness (QED) is 0.733. The predicted molar refractivity (Wildman–Crippen MR) is 60.8 cm³/mol. The summed E-state index contributed by atoms with van der Waals surface area (Å²) in [7, 11) is 0. The summed E-state index contributed by atoms with van der Waals surface area (Å²) in [5.41, 5.74) is 0. The highest BCUT2D eigenvalue weighted by molar-refractivity contribution is 5.39. The Hall–Kier alpha value is -1.26. The van der Waals surface area contributed by atoms with Gasteiger partial charge < -0.3 is 19.7 Å². The van der Waals surface area contributed by atoms with Crippen molar-refractivity contribution in [1.82, 2.24) is 0 Å². The van der Waals surface area contributed by atoms with Gasteiger partial charge in [0.2, 0.25) is 0 Å². The van der Waals surface area contributed by atoms with E-state index in [1.165, 1.54) is 0 Å². The number of para-hydroxylation sites is 2. The Balaban J connectivity index is 2.56. The molecule has 0 amide bonds. The molecule has 1 aromatic carbocycles. The van der Waals surface area contributed by atoms with Crippen LogP contribution in [0.1, 0.15) is 13.3 Å². The van der Waals surface area contributed by atoms with Crippen molar-refractivity contribution in [2.45, 2.75) is 19.4 Å². The van der Waals surface area contributed by atoms with Crippen LogP contribution in [-0.2, 0) is 0 Å². The second-order valence-electron chi connectivity index (χ2n) is 3.44. The van der Waals surface area contributed by atoms with Crippen LogP contribution in [0.2, 0.25) is 0 Å². The van der Waals surface area contributed by atoms with Crippen LogP contribution in [0.25, 0.3) is 0 Å². The van der Waals surface area contributed by atoms with E-state index >= 15 is 0 Å². The number of ether oxygens (including phenoxy) is 2. The molecule has 0 heterocycles. The van der Waals surface area contributed by atoms with Gasteiger partial charge in [-0.15, -0.1) is 0 Å². The van der Waals surface area contributed by atoms with Gasteiger partial charge in [0.15, 0.2) is 11.5 Å². The molecule has 1 aromatic rings. The molecule has 0 spiro atoms. The third-order valence-electron chi connectivity index (χ3n) is 1.95. The first-order valence-corrected chi connectivity index (χ1v) is 5.41. The Kier molecular flexibility index (Phi) is 5.67. The largest absolute Gasteiger partial charge is 0.490 e. The summed E-state index contributed by atoms with van der Waals surface area (Å²) in [4.78, 5) is 0. The van der Waals surface area contributed by atoms with E-state index in [4.69, 9.17) is 14.6 Å². The van der Waals surface area contributed by atoms with Crippen molar-refractivity contribution in [3.05, 3.63) is 24.3 Å². The summed E-state index contributed by atoms with van der Waals surface area (Å²) in [6, 6.07) is 7.28. The molecule has 0 saturated heterocycles. The summed E-state index contributed by atoms with van der Waals surface area (Å²) in [6.45, 7) is 2.41. The number of hydrogen-bond acceptors (Lipinski definition) is 4. The SMILES string of the molecule is CCCOc1ccccc1OCC(O)CO. The highest BCUT2D eigenvalue weighted by Crippen LogP contribution is 2.26. The summed E-state index contributed by atoms with van der Waals surface area (Å²) in [6.07, 6.45) is 0.0624. The zero-order chi connectivity index (χ0) is 11.8. The molecular weight excluding hydrogens is 208 g/mol. The van der Waals surface area contributed by atoms with Crippen molar-refractivity contribution in [1.29, 1.82) is 0 Å². The molecule has 1 atom stereocenters. The molecule has 1 rings (SSSR count). The predicted octanol–water partition coefficient (Wildman–Crippen LogP) is 1.21. The minimum atomic E-state index is -0.862. The van der Waals surface area contributed by atoms with Gasteiger partial charge in [0, 0.05) is 0 Å². The van der Waals surface area contributed by atoms with Crippen molar-refractivity contribution >= 4 is 0 Å². The highest BCUT2D eigenvalue weighted by Gasteiger charge is 2.07. The number of aliphatic hydroxyl groups is 2. The maximum atomic E-state index is 9.17. The molecule has 4 heteroatoms. The summed E-state index contributed by atoms with van der Waals surface area (Å²) in [5, 5.41) is 17.8. The van der Waals surface area contributed by atoms with Crippen molar-refractivity contribution < 1.29 is 19.7 Å². The third kappa shape index (κ3) is 4.08. The Labute approximate surface area is 95.4 Å². The number of hydrogen-bond donors (Lipinski definition) is 2. The molecule has 0 fully saturated rings. The third-order valence-corrected chi connectivity index (χ3v) is 1.95. The van der Waals surface area contributed by atoms with Gasteiger partial charge >= 0.3 is 0 Å². The molecule has 0 bridgehead atoms. The van der Waals surface area contributed by atoms with Crippen LogP contribution in [-0.4, -0.2) is 36.1 Å². The Morgan fingerprint density at radius 2 is 1.81 bits per heavy atom. The highest BCUT2D eigenvalue weighted by atomic mass is 16.5. The molecule has 0 saturated carbocycles. The van der Waals surface area contributed by atoms with Gasteiger partial charge in [0.25, 0.3) is 0 Å². The van der Waals surface area contributed by atoms with E-state index in [1.807, 2.05) is 25.1 Å². The molecule has 0 aliphatic rings. The standard InChI is InChI=1S/C12H18O4/c1-2-7-15-11-5-3-4-6-12(11)16-9-10(14)8-13/h3-6,10,13-14H,2,7-9H2,1H3. The lowest BCUT2D eigenvalue weighted by Gasteiger charge is -2.13. The van der Waals surface area contributed by atoms with Crippen molar-refractivity contribution in [2.24, 2.45) is 0 Å². The first-order valence-electron chi connectivity index (χ1n) is 5.41. The van der Waals surface area contributed by atoms with E-state index in [0.29, 0.717) is 18.1 Å². The zero-order valence-electron chi connectivity index (χ0n) is 9.43. The number of rotatable bonds is 7. The van der Waals surface area contributed by atoms with Gasteiger partial charge in [0.1, 0.15) is 12.7 Å². The number of benzene rings is 1. The first kappa shape index (κ1) is 12.8. The van der Waals surface area contributed by atoms with Crippen molar-refractivity contribution in [2.75, 3.05) is 19.8 Å². The van der Waals surface area contributed by atoms with Gasteiger partial charge in [-0.3, -0.25) is 0 Å². The van der Waals surface area contributed by atoms with E-state index in [2.05, 4.69) is 0 Å². The minimum absolute atomic E-state index is 0.0585. The van der Waals surface area contributed by atoms with E-state index in [9.17, 15) is 5.11 Å². The van der Waals surface area contributed by atoms with Crippen LogP contribution in [0.15, 0.2) is 24.3 Å². The second kappa shape index (κ2) is 7.09. The Morgan fingerprint density at radius 3 is 2.38 bits per heavy atom. The fourth-order valence-corrected chi connectivity index (χ4v) is 1.14. The van der Waals surface area contributed by atoms with Gasteiger partial charge in [-0.25, -0.2) is 0 Å². The maximum Gasteiger partial charge on any atom is 0.161 e. The topological polar surface area (TPSA) is 58.9 Å². The Morgan fingerprint density at radius 1 is 1.19 bits per heavy atom. The lowest BCUT2D eigenvalue weighted by Crippen LogP contribution is -2.21. The van der Waals surface area contributed by atoms with E-state index in [1.54, 1.807) is 6.07 Å². The van der Waals surface area contributed by atoms with Gasteiger partial charge in [-0.05, 0) is 18.6 Å². The molecule has 0 aliphatic heterocycles. The summed E-state index contributed by atoms with van der Waals surface area (Å²) in [5.74, 6) is 1.25. The minimum Gasteiger partial charge on any atom is -0.490 e. The number of aliphatic hydroxyl groups excluding tert-OH is 2. The normalized spacial score (nSPS) is 12.2. The van der Waals surface area contributed by atoms with Crippen LogP contribution < -0.4 is 9.47 Å². The van der Waals surface area contributed by atoms with Crippen LogP contribution in [0.3, 0.4) is 0 Å². The molecule has 16 heavy (non-hydrogen) atoms. The van der Waals surface area contributed by atoms with E-state index in [0.717, 1.165) is 6.42 Å². The molecule has 90 valence electrons.